The van der Waals surface area contributed by atoms with Crippen LogP contribution in [0.1, 0.15) is 11.4 Å². The van der Waals surface area contributed by atoms with E-state index in [9.17, 15) is 0 Å². The van der Waals surface area contributed by atoms with Gasteiger partial charge in [-0.15, -0.1) is 0 Å². The molecule has 0 bridgehead atoms. The Morgan fingerprint density at radius 2 is 1.41 bits per heavy atom. The normalized spacial score (nSPS) is 10.3. The summed E-state index contributed by atoms with van der Waals surface area (Å²) >= 11 is 0. The molecule has 112 valence electrons. The quantitative estimate of drug-likeness (QED) is 0.707. The van der Waals surface area contributed by atoms with Crippen molar-refractivity contribution in [2.45, 2.75) is 0 Å². The third-order valence-corrected chi connectivity index (χ3v) is 3.28. The number of nitrogens with one attached hydrogen (secondary N) is 2. The number of aliphatic imine (C=N–C) groups is 1. The molecule has 0 unspecified atom stereocenters. The van der Waals surface area contributed by atoms with Crippen molar-refractivity contribution in [1.29, 1.82) is 0 Å². The second kappa shape index (κ2) is 6.22. The number of aromatic nitrogens is 2. The lowest BCUT2D eigenvalue weighted by Crippen LogP contribution is -2.03. The zero-order valence-corrected chi connectivity index (χ0v) is 12.5. The van der Waals surface area contributed by atoms with Gasteiger partial charge in [0, 0.05) is 30.6 Å². The fourth-order valence-electron chi connectivity index (χ4n) is 2.21. The summed E-state index contributed by atoms with van der Waals surface area (Å²) < 4.78 is 10.6. The van der Waals surface area contributed by atoms with E-state index in [1.54, 1.807) is 14.2 Å². The van der Waals surface area contributed by atoms with Crippen molar-refractivity contribution >= 4 is 11.4 Å². The van der Waals surface area contributed by atoms with Crippen LogP contribution in [0.4, 0.5) is 5.69 Å². The van der Waals surface area contributed by atoms with Gasteiger partial charge in [0.25, 0.3) is 0 Å². The van der Waals surface area contributed by atoms with Crippen molar-refractivity contribution in [2.75, 3.05) is 14.2 Å². The highest BCUT2D eigenvalue weighted by Crippen LogP contribution is 2.28. The molecule has 0 atom stereocenters. The van der Waals surface area contributed by atoms with Gasteiger partial charge in [0.1, 0.15) is 17.2 Å². The molecule has 2 N–H and O–H groups in total. The summed E-state index contributed by atoms with van der Waals surface area (Å²) in [6.07, 6.45) is 3.75. The van der Waals surface area contributed by atoms with Crippen LogP contribution in [0, 0.1) is 0 Å². The largest absolute Gasteiger partial charge is 0.497 e. The summed E-state index contributed by atoms with van der Waals surface area (Å²) in [5, 5.41) is 0. The predicted octanol–water partition coefficient (Wildman–Crippen LogP) is 3.53. The highest BCUT2D eigenvalue weighted by Gasteiger charge is 2.10. The number of aromatic amines is 2. The van der Waals surface area contributed by atoms with Gasteiger partial charge in [-0.25, -0.2) is 4.99 Å². The fourth-order valence-corrected chi connectivity index (χ4v) is 2.21. The van der Waals surface area contributed by atoms with Crippen LogP contribution in [-0.2, 0) is 0 Å². The Labute approximate surface area is 128 Å². The minimum absolute atomic E-state index is 0.704. The number of methoxy groups -OCH3 is 2. The Balaban J connectivity index is 2.10. The third-order valence-electron chi connectivity index (χ3n) is 3.28. The molecule has 3 rings (SSSR count). The topological polar surface area (TPSA) is 62.4 Å². The minimum Gasteiger partial charge on any atom is -0.497 e. The molecule has 0 aliphatic rings. The molecule has 1 aromatic carbocycles. The Hall–Kier alpha value is -2.95. The lowest BCUT2D eigenvalue weighted by Gasteiger charge is -2.07. The number of benzene rings is 1. The van der Waals surface area contributed by atoms with Crippen molar-refractivity contribution in [3.63, 3.8) is 0 Å². The van der Waals surface area contributed by atoms with Gasteiger partial charge in [-0.3, -0.25) is 0 Å². The summed E-state index contributed by atoms with van der Waals surface area (Å²) in [7, 11) is 3.25. The van der Waals surface area contributed by atoms with E-state index in [1.165, 1.54) is 0 Å². The number of hydrogen-bond donors (Lipinski definition) is 2. The van der Waals surface area contributed by atoms with Gasteiger partial charge in [-0.2, -0.15) is 0 Å². The Kier molecular flexibility index (Phi) is 3.96. The number of ether oxygens (including phenoxy) is 2. The molecule has 2 aromatic heterocycles. The SMILES string of the molecule is COc1cc(N=C(c2ccc[nH]2)c2ccc[nH]2)cc(OC)c1. The maximum absolute atomic E-state index is 5.30. The van der Waals surface area contributed by atoms with Crippen molar-refractivity contribution in [3.05, 3.63) is 66.2 Å². The number of nitrogens with zero attached hydrogens (tertiary/aromatic N) is 1. The Morgan fingerprint density at radius 3 is 1.82 bits per heavy atom. The lowest BCUT2D eigenvalue weighted by molar-refractivity contribution is 0.394. The van der Waals surface area contributed by atoms with Gasteiger partial charge >= 0.3 is 0 Å². The molecule has 0 radical (unpaired) electrons. The van der Waals surface area contributed by atoms with E-state index in [1.807, 2.05) is 54.9 Å². The molecule has 0 spiro atoms. The van der Waals surface area contributed by atoms with E-state index < -0.39 is 0 Å². The van der Waals surface area contributed by atoms with Gasteiger partial charge in [-0.05, 0) is 24.3 Å². The highest BCUT2D eigenvalue weighted by molar-refractivity contribution is 6.11. The number of hydrogen-bond acceptors (Lipinski definition) is 3. The smallest absolute Gasteiger partial charge is 0.124 e. The predicted molar refractivity (Wildman–Crippen MR) is 86.4 cm³/mol. The van der Waals surface area contributed by atoms with Gasteiger partial charge < -0.3 is 19.4 Å². The summed E-state index contributed by atoms with van der Waals surface area (Å²) in [6.45, 7) is 0. The molecular formula is C17H17N3O2. The molecular weight excluding hydrogens is 278 g/mol. The van der Waals surface area contributed by atoms with Crippen LogP contribution in [0.5, 0.6) is 11.5 Å². The Morgan fingerprint density at radius 1 is 0.864 bits per heavy atom. The molecule has 5 nitrogen and oxygen atoms in total. The van der Waals surface area contributed by atoms with Gasteiger partial charge in [-0.1, -0.05) is 0 Å². The van der Waals surface area contributed by atoms with Gasteiger partial charge in [0.15, 0.2) is 0 Å². The standard InChI is InChI=1S/C17H17N3O2/c1-21-13-9-12(10-14(11-13)22-2)20-17(15-5-3-7-18-15)16-6-4-8-19-16/h3-11,18-19H,1-2H3. The molecule has 0 saturated carbocycles. The van der Waals surface area contributed by atoms with Crippen LogP contribution in [0.2, 0.25) is 0 Å². The first-order valence-corrected chi connectivity index (χ1v) is 6.89. The zero-order chi connectivity index (χ0) is 15.4. The Bertz CT molecular complexity index is 701. The lowest BCUT2D eigenvalue weighted by atomic mass is 10.2. The molecule has 0 amide bonds. The second-order valence-corrected chi connectivity index (χ2v) is 4.70. The maximum Gasteiger partial charge on any atom is 0.124 e. The molecule has 22 heavy (non-hydrogen) atoms. The maximum atomic E-state index is 5.30. The molecule has 2 heterocycles. The first-order chi connectivity index (χ1) is 10.8. The second-order valence-electron chi connectivity index (χ2n) is 4.70. The van der Waals surface area contributed by atoms with Gasteiger partial charge in [0.05, 0.1) is 31.3 Å². The molecule has 0 saturated heterocycles. The zero-order valence-electron chi connectivity index (χ0n) is 12.5. The van der Waals surface area contributed by atoms with Crippen molar-refractivity contribution in [2.24, 2.45) is 4.99 Å². The van der Waals surface area contributed by atoms with E-state index in [4.69, 9.17) is 14.5 Å². The number of H-pyrrole nitrogens is 2. The molecule has 0 aliphatic heterocycles. The summed E-state index contributed by atoms with van der Waals surface area (Å²) in [4.78, 5) is 11.1. The van der Waals surface area contributed by atoms with Crippen LogP contribution in [0.15, 0.2) is 59.9 Å². The molecule has 5 heteroatoms. The van der Waals surface area contributed by atoms with Crippen LogP contribution in [0.25, 0.3) is 0 Å². The molecule has 0 aliphatic carbocycles. The number of rotatable bonds is 5. The van der Waals surface area contributed by atoms with Crippen molar-refractivity contribution < 1.29 is 9.47 Å². The third kappa shape index (κ3) is 2.88. The van der Waals surface area contributed by atoms with Crippen LogP contribution in [-0.4, -0.2) is 29.9 Å². The van der Waals surface area contributed by atoms with Crippen LogP contribution < -0.4 is 9.47 Å². The van der Waals surface area contributed by atoms with E-state index in [2.05, 4.69) is 9.97 Å². The van der Waals surface area contributed by atoms with E-state index in [0.29, 0.717) is 11.5 Å². The van der Waals surface area contributed by atoms with E-state index in [-0.39, 0.29) is 0 Å². The van der Waals surface area contributed by atoms with Gasteiger partial charge in [0.2, 0.25) is 0 Å². The van der Waals surface area contributed by atoms with Crippen LogP contribution in [0.3, 0.4) is 0 Å². The van der Waals surface area contributed by atoms with Crippen LogP contribution >= 0.6 is 0 Å². The monoisotopic (exact) mass is 295 g/mol. The fraction of sp³-hybridized carbons (Fsp3) is 0.118. The minimum atomic E-state index is 0.704. The molecule has 3 aromatic rings. The molecule has 0 fully saturated rings. The first kappa shape index (κ1) is 14.0. The highest BCUT2D eigenvalue weighted by atomic mass is 16.5. The summed E-state index contributed by atoms with van der Waals surface area (Å²) in [5.74, 6) is 1.41. The average molecular weight is 295 g/mol. The summed E-state index contributed by atoms with van der Waals surface area (Å²) in [5.41, 5.74) is 3.45. The van der Waals surface area contributed by atoms with E-state index in [0.717, 1.165) is 22.8 Å². The van der Waals surface area contributed by atoms with E-state index >= 15 is 0 Å². The van der Waals surface area contributed by atoms with Crippen molar-refractivity contribution in [1.82, 2.24) is 9.97 Å². The average Bonchev–Trinajstić information content (AvgIpc) is 3.25. The summed E-state index contributed by atoms with van der Waals surface area (Å²) in [6, 6.07) is 13.4. The first-order valence-electron chi connectivity index (χ1n) is 6.89. The van der Waals surface area contributed by atoms with Crippen molar-refractivity contribution in [3.8, 4) is 11.5 Å².